The molecule has 0 spiro atoms. The molecule has 0 radical (unpaired) electrons. The van der Waals surface area contributed by atoms with Gasteiger partial charge in [-0.2, -0.15) is 0 Å². The zero-order chi connectivity index (χ0) is 24.8. The minimum absolute atomic E-state index is 0.0335. The van der Waals surface area contributed by atoms with Crippen LogP contribution in [0.2, 0.25) is 0 Å². The van der Waals surface area contributed by atoms with Crippen LogP contribution in [-0.4, -0.2) is 78.8 Å². The second-order valence-corrected chi connectivity index (χ2v) is 10.2. The minimum atomic E-state index is -0.839. The van der Waals surface area contributed by atoms with Crippen LogP contribution in [-0.2, 0) is 4.74 Å². The SMILES string of the molecule is O=C(NCCN1CCC(F)C1)c1c(=O)c2cc(F)c(N3CCOCC3)nc2n2c1sc1ccccc12. The van der Waals surface area contributed by atoms with Crippen molar-refractivity contribution in [3.8, 4) is 0 Å². The van der Waals surface area contributed by atoms with Gasteiger partial charge in [-0.3, -0.25) is 18.9 Å². The van der Waals surface area contributed by atoms with E-state index in [-0.39, 0.29) is 23.3 Å². The van der Waals surface area contributed by atoms with Gasteiger partial charge < -0.3 is 15.0 Å². The normalized spacial score (nSPS) is 19.1. The summed E-state index contributed by atoms with van der Waals surface area (Å²) in [6.45, 7) is 3.71. The summed E-state index contributed by atoms with van der Waals surface area (Å²) in [6, 6.07) is 8.76. The van der Waals surface area contributed by atoms with Gasteiger partial charge in [0.2, 0.25) is 5.43 Å². The average molecular weight is 514 g/mol. The fourth-order valence-corrected chi connectivity index (χ4v) is 6.18. The van der Waals surface area contributed by atoms with Crippen molar-refractivity contribution in [1.29, 1.82) is 0 Å². The third kappa shape index (κ3) is 4.00. The number of hydrogen-bond acceptors (Lipinski definition) is 7. The van der Waals surface area contributed by atoms with Crippen molar-refractivity contribution in [3.05, 3.63) is 51.9 Å². The molecule has 2 aliphatic rings. The molecule has 0 aliphatic carbocycles. The molecule has 4 aromatic rings. The van der Waals surface area contributed by atoms with Crippen molar-refractivity contribution in [2.45, 2.75) is 12.6 Å². The Morgan fingerprint density at radius 2 is 2.03 bits per heavy atom. The highest BCUT2D eigenvalue weighted by atomic mass is 32.1. The number of halogens is 2. The summed E-state index contributed by atoms with van der Waals surface area (Å²) in [6.07, 6.45) is -0.346. The fourth-order valence-electron chi connectivity index (χ4n) is 5.00. The molecule has 2 aliphatic heterocycles. The van der Waals surface area contributed by atoms with Gasteiger partial charge in [-0.1, -0.05) is 12.1 Å². The van der Waals surface area contributed by atoms with Crippen LogP contribution in [0.4, 0.5) is 14.6 Å². The molecule has 188 valence electrons. The van der Waals surface area contributed by atoms with Gasteiger partial charge in [0.15, 0.2) is 17.3 Å². The van der Waals surface area contributed by atoms with Gasteiger partial charge in [-0.15, -0.1) is 11.3 Å². The van der Waals surface area contributed by atoms with E-state index in [2.05, 4.69) is 10.3 Å². The number of pyridine rings is 2. The number of likely N-dealkylation sites (tertiary alicyclic amines) is 1. The van der Waals surface area contributed by atoms with Crippen molar-refractivity contribution in [1.82, 2.24) is 19.6 Å². The van der Waals surface area contributed by atoms with E-state index in [0.717, 1.165) is 10.2 Å². The second-order valence-electron chi connectivity index (χ2n) is 9.12. The molecule has 1 amide bonds. The van der Waals surface area contributed by atoms with Crippen molar-refractivity contribution in [2.24, 2.45) is 0 Å². The molecule has 0 bridgehead atoms. The van der Waals surface area contributed by atoms with E-state index >= 15 is 4.39 Å². The topological polar surface area (TPSA) is 79.2 Å². The van der Waals surface area contributed by atoms with Crippen LogP contribution in [0, 0.1) is 5.82 Å². The molecule has 0 saturated carbocycles. The van der Waals surface area contributed by atoms with Gasteiger partial charge in [0.25, 0.3) is 5.91 Å². The van der Waals surface area contributed by atoms with E-state index in [4.69, 9.17) is 4.74 Å². The molecule has 8 nitrogen and oxygen atoms in total. The Hall–Kier alpha value is -3.15. The van der Waals surface area contributed by atoms with Crippen molar-refractivity contribution in [3.63, 3.8) is 0 Å². The van der Waals surface area contributed by atoms with Gasteiger partial charge >= 0.3 is 0 Å². The summed E-state index contributed by atoms with van der Waals surface area (Å²) in [5.41, 5.74) is 0.514. The number of hydrogen-bond donors (Lipinski definition) is 1. The van der Waals surface area contributed by atoms with E-state index in [9.17, 15) is 14.0 Å². The first-order valence-corrected chi connectivity index (χ1v) is 12.9. The maximum Gasteiger partial charge on any atom is 0.258 e. The summed E-state index contributed by atoms with van der Waals surface area (Å²) >= 11 is 1.33. The number of morpholine rings is 1. The second kappa shape index (κ2) is 9.38. The highest BCUT2D eigenvalue weighted by Gasteiger charge is 2.26. The summed E-state index contributed by atoms with van der Waals surface area (Å²) < 4.78 is 36.7. The van der Waals surface area contributed by atoms with E-state index in [1.165, 1.54) is 17.4 Å². The standard InChI is InChI=1S/C25H25F2N5O3S/c26-15-5-7-30(14-15)8-6-28-24(34)20-21(33)16-13-17(27)23(31-9-11-35-12-10-31)29-22(16)32-18-3-1-2-4-19(18)36-25(20)32/h1-4,13,15H,5-12,14H2,(H,28,34). The van der Waals surface area contributed by atoms with Crippen LogP contribution >= 0.6 is 11.3 Å². The van der Waals surface area contributed by atoms with E-state index < -0.39 is 23.3 Å². The first-order valence-electron chi connectivity index (χ1n) is 12.0. The van der Waals surface area contributed by atoms with Gasteiger partial charge in [-0.25, -0.2) is 13.8 Å². The molecule has 11 heteroatoms. The molecular weight excluding hydrogens is 488 g/mol. The summed E-state index contributed by atoms with van der Waals surface area (Å²) in [4.78, 5) is 35.7. The van der Waals surface area contributed by atoms with Crippen molar-refractivity contribution < 1.29 is 18.3 Å². The third-order valence-corrected chi connectivity index (χ3v) is 7.96. The number of rotatable bonds is 5. The number of para-hydroxylation sites is 1. The van der Waals surface area contributed by atoms with Gasteiger partial charge in [0.1, 0.15) is 16.6 Å². The number of fused-ring (bicyclic) bond motifs is 5. The van der Waals surface area contributed by atoms with Crippen LogP contribution in [0.3, 0.4) is 0 Å². The minimum Gasteiger partial charge on any atom is -0.378 e. The van der Waals surface area contributed by atoms with Crippen molar-refractivity contribution >= 4 is 49.1 Å². The van der Waals surface area contributed by atoms with Gasteiger partial charge in [-0.05, 0) is 24.6 Å². The number of anilines is 1. The lowest BCUT2D eigenvalue weighted by Crippen LogP contribution is -2.38. The molecule has 2 fully saturated rings. The average Bonchev–Trinajstić information content (AvgIpc) is 3.47. The maximum atomic E-state index is 15.2. The Labute approximate surface area is 209 Å². The molecule has 3 aromatic heterocycles. The highest BCUT2D eigenvalue weighted by Crippen LogP contribution is 2.32. The van der Waals surface area contributed by atoms with Gasteiger partial charge in [0, 0.05) is 39.3 Å². The van der Waals surface area contributed by atoms with Crippen LogP contribution in [0.1, 0.15) is 16.8 Å². The number of carbonyl (C=O) groups is 1. The van der Waals surface area contributed by atoms with Crippen LogP contribution < -0.4 is 15.6 Å². The summed E-state index contributed by atoms with van der Waals surface area (Å²) in [7, 11) is 0. The Balaban J connectivity index is 1.47. The lowest BCUT2D eigenvalue weighted by atomic mass is 10.1. The number of nitrogens with one attached hydrogen (secondary N) is 1. The maximum absolute atomic E-state index is 15.2. The lowest BCUT2D eigenvalue weighted by Gasteiger charge is -2.28. The first-order chi connectivity index (χ1) is 17.5. The van der Waals surface area contributed by atoms with E-state index in [1.807, 2.05) is 34.1 Å². The molecule has 1 aromatic carbocycles. The Kier molecular flexibility index (Phi) is 6.06. The number of thiazole rings is 1. The number of amides is 1. The number of ether oxygens (including phenoxy) is 1. The lowest BCUT2D eigenvalue weighted by molar-refractivity contribution is 0.0950. The molecule has 1 atom stereocenters. The third-order valence-electron chi connectivity index (χ3n) is 6.82. The zero-order valence-electron chi connectivity index (χ0n) is 19.5. The molecule has 6 rings (SSSR count). The monoisotopic (exact) mass is 513 g/mol. The zero-order valence-corrected chi connectivity index (χ0v) is 20.3. The molecular formula is C25H25F2N5O3S. The smallest absolute Gasteiger partial charge is 0.258 e. The number of alkyl halides is 1. The molecule has 2 saturated heterocycles. The Bertz CT molecular complexity index is 1530. The van der Waals surface area contributed by atoms with Crippen LogP contribution in [0.15, 0.2) is 35.1 Å². The van der Waals surface area contributed by atoms with Crippen molar-refractivity contribution in [2.75, 3.05) is 57.4 Å². The fraction of sp³-hybridized carbons (Fsp3) is 0.400. The van der Waals surface area contributed by atoms with Crippen LogP contribution in [0.5, 0.6) is 0 Å². The van der Waals surface area contributed by atoms with E-state index in [1.54, 1.807) is 4.40 Å². The number of aromatic nitrogens is 2. The number of benzene rings is 1. The quantitative estimate of drug-likeness (QED) is 0.442. The Morgan fingerprint density at radius 1 is 1.22 bits per heavy atom. The predicted octanol–water partition coefficient (Wildman–Crippen LogP) is 2.81. The summed E-state index contributed by atoms with van der Waals surface area (Å²) in [5, 5.41) is 2.87. The first kappa shape index (κ1) is 23.3. The summed E-state index contributed by atoms with van der Waals surface area (Å²) in [5.74, 6) is -0.968. The highest BCUT2D eigenvalue weighted by molar-refractivity contribution is 7.24. The number of nitrogens with zero attached hydrogens (tertiary/aromatic N) is 4. The van der Waals surface area contributed by atoms with E-state index in [0.29, 0.717) is 62.8 Å². The number of carbonyl (C=O) groups excluding carboxylic acids is 1. The van der Waals surface area contributed by atoms with Crippen LogP contribution in [0.25, 0.3) is 26.1 Å². The molecule has 36 heavy (non-hydrogen) atoms. The Morgan fingerprint density at radius 3 is 2.81 bits per heavy atom. The largest absolute Gasteiger partial charge is 0.378 e. The molecule has 1 N–H and O–H groups in total. The molecule has 5 heterocycles. The predicted molar refractivity (Wildman–Crippen MR) is 136 cm³/mol. The molecule has 1 unspecified atom stereocenters. The van der Waals surface area contributed by atoms with Gasteiger partial charge in [0.05, 0.1) is 28.8 Å².